The van der Waals surface area contributed by atoms with E-state index in [0.717, 1.165) is 39.9 Å². The standard InChI is InChI=1S/C20H20N2O/c1-4-14-6-8-19-17(10-14)18(20(23)22-19)11-15-5-7-16(12-21-3)13(2)9-15/h5-12H,4H2,1-3H3,(H,22,23)/b18-11+,21-12?. The Morgan fingerprint density at radius 1 is 1.17 bits per heavy atom. The van der Waals surface area contributed by atoms with Gasteiger partial charge in [0.25, 0.3) is 5.91 Å². The molecule has 0 unspecified atom stereocenters. The monoisotopic (exact) mass is 304 g/mol. The highest BCUT2D eigenvalue weighted by Gasteiger charge is 2.24. The van der Waals surface area contributed by atoms with E-state index in [0.29, 0.717) is 0 Å². The molecule has 0 aromatic heterocycles. The molecule has 0 radical (unpaired) electrons. The predicted molar refractivity (Wildman–Crippen MR) is 97.0 cm³/mol. The second-order valence-corrected chi connectivity index (χ2v) is 5.75. The fraction of sp³-hybridized carbons (Fsp3) is 0.200. The summed E-state index contributed by atoms with van der Waals surface area (Å²) in [6.07, 6.45) is 4.76. The number of nitrogens with zero attached hydrogens (tertiary/aromatic N) is 1. The molecule has 3 nitrogen and oxygen atoms in total. The lowest BCUT2D eigenvalue weighted by Gasteiger charge is -2.04. The minimum Gasteiger partial charge on any atom is -0.321 e. The molecule has 0 saturated heterocycles. The molecule has 0 fully saturated rings. The van der Waals surface area contributed by atoms with E-state index in [-0.39, 0.29) is 5.91 Å². The molecule has 0 atom stereocenters. The topological polar surface area (TPSA) is 41.5 Å². The van der Waals surface area contributed by atoms with Gasteiger partial charge in [-0.25, -0.2) is 0 Å². The van der Waals surface area contributed by atoms with Gasteiger partial charge in [0.1, 0.15) is 0 Å². The van der Waals surface area contributed by atoms with Crippen molar-refractivity contribution in [1.29, 1.82) is 0 Å². The smallest absolute Gasteiger partial charge is 0.256 e. The van der Waals surface area contributed by atoms with E-state index in [4.69, 9.17) is 0 Å². The number of amides is 1. The van der Waals surface area contributed by atoms with Crippen molar-refractivity contribution in [3.8, 4) is 0 Å². The van der Waals surface area contributed by atoms with Crippen molar-refractivity contribution in [2.45, 2.75) is 20.3 Å². The third-order valence-corrected chi connectivity index (χ3v) is 4.15. The van der Waals surface area contributed by atoms with Crippen LogP contribution in [0.25, 0.3) is 11.6 Å². The number of carbonyl (C=O) groups excluding carboxylic acids is 1. The third-order valence-electron chi connectivity index (χ3n) is 4.15. The molecule has 1 aliphatic heterocycles. The molecular weight excluding hydrogens is 284 g/mol. The molecule has 1 heterocycles. The first-order chi connectivity index (χ1) is 11.1. The van der Waals surface area contributed by atoms with Crippen LogP contribution in [0.4, 0.5) is 5.69 Å². The quantitative estimate of drug-likeness (QED) is 0.673. The number of hydrogen-bond donors (Lipinski definition) is 1. The van der Waals surface area contributed by atoms with Gasteiger partial charge < -0.3 is 5.32 Å². The first kappa shape index (κ1) is 15.2. The van der Waals surface area contributed by atoms with Crippen LogP contribution in [0.2, 0.25) is 0 Å². The van der Waals surface area contributed by atoms with Crippen molar-refractivity contribution in [3.63, 3.8) is 0 Å². The van der Waals surface area contributed by atoms with E-state index in [1.807, 2.05) is 30.5 Å². The average Bonchev–Trinajstić information content (AvgIpc) is 2.85. The highest BCUT2D eigenvalue weighted by atomic mass is 16.2. The lowest BCUT2D eigenvalue weighted by molar-refractivity contribution is -0.110. The van der Waals surface area contributed by atoms with E-state index in [2.05, 4.69) is 42.4 Å². The summed E-state index contributed by atoms with van der Waals surface area (Å²) in [7, 11) is 1.76. The Morgan fingerprint density at radius 3 is 2.70 bits per heavy atom. The van der Waals surface area contributed by atoms with Crippen molar-refractivity contribution in [2.75, 3.05) is 12.4 Å². The summed E-state index contributed by atoms with van der Waals surface area (Å²) in [5.74, 6) is -0.0369. The molecule has 2 aromatic carbocycles. The van der Waals surface area contributed by atoms with Crippen LogP contribution in [0.3, 0.4) is 0 Å². The van der Waals surface area contributed by atoms with E-state index < -0.39 is 0 Å². The summed E-state index contributed by atoms with van der Waals surface area (Å²) < 4.78 is 0. The molecule has 0 spiro atoms. The molecule has 1 amide bonds. The second-order valence-electron chi connectivity index (χ2n) is 5.75. The number of aliphatic imine (C=N–C) groups is 1. The second kappa shape index (κ2) is 6.21. The summed E-state index contributed by atoms with van der Waals surface area (Å²) in [6, 6.07) is 12.3. The Balaban J connectivity index is 2.04. The molecule has 0 saturated carbocycles. The lowest BCUT2D eigenvalue weighted by Crippen LogP contribution is -2.03. The number of fused-ring (bicyclic) bond motifs is 1. The van der Waals surface area contributed by atoms with Crippen molar-refractivity contribution in [2.24, 2.45) is 4.99 Å². The van der Waals surface area contributed by atoms with E-state index >= 15 is 0 Å². The van der Waals surface area contributed by atoms with Gasteiger partial charge in [-0.2, -0.15) is 0 Å². The summed E-state index contributed by atoms with van der Waals surface area (Å²) in [4.78, 5) is 16.3. The highest BCUT2D eigenvalue weighted by Crippen LogP contribution is 2.34. The van der Waals surface area contributed by atoms with E-state index in [1.165, 1.54) is 5.56 Å². The fourth-order valence-corrected chi connectivity index (χ4v) is 2.84. The number of aryl methyl sites for hydroxylation is 2. The Bertz CT molecular complexity index is 832. The molecule has 1 N–H and O–H groups in total. The van der Waals surface area contributed by atoms with Crippen LogP contribution in [-0.4, -0.2) is 19.2 Å². The Kier molecular flexibility index (Phi) is 4.11. The number of anilines is 1. The van der Waals surface area contributed by atoms with Gasteiger partial charge >= 0.3 is 0 Å². The van der Waals surface area contributed by atoms with Crippen LogP contribution >= 0.6 is 0 Å². The van der Waals surface area contributed by atoms with E-state index in [9.17, 15) is 4.79 Å². The normalized spacial score (nSPS) is 15.3. The molecule has 3 heteroatoms. The number of carbonyl (C=O) groups is 1. The zero-order chi connectivity index (χ0) is 16.4. The van der Waals surface area contributed by atoms with Gasteiger partial charge in [0.15, 0.2) is 0 Å². The largest absolute Gasteiger partial charge is 0.321 e. The number of hydrogen-bond acceptors (Lipinski definition) is 2. The van der Waals surface area contributed by atoms with Gasteiger partial charge in [0, 0.05) is 30.1 Å². The summed E-state index contributed by atoms with van der Waals surface area (Å²) >= 11 is 0. The molecule has 0 aliphatic carbocycles. The predicted octanol–water partition coefficient (Wildman–Crippen LogP) is 4.10. The zero-order valence-corrected chi connectivity index (χ0v) is 13.7. The molecule has 3 rings (SSSR count). The summed E-state index contributed by atoms with van der Waals surface area (Å²) in [5.41, 5.74) is 7.11. The maximum absolute atomic E-state index is 12.3. The number of benzene rings is 2. The van der Waals surface area contributed by atoms with Crippen molar-refractivity contribution >= 4 is 29.5 Å². The van der Waals surface area contributed by atoms with Crippen LogP contribution in [0.15, 0.2) is 41.4 Å². The zero-order valence-electron chi connectivity index (χ0n) is 13.7. The first-order valence-electron chi connectivity index (χ1n) is 7.81. The Hall–Kier alpha value is -2.68. The van der Waals surface area contributed by atoms with Gasteiger partial charge in [-0.1, -0.05) is 31.2 Å². The molecular formula is C20H20N2O. The highest BCUT2D eigenvalue weighted by molar-refractivity contribution is 6.34. The average molecular weight is 304 g/mol. The first-order valence-corrected chi connectivity index (χ1v) is 7.81. The van der Waals surface area contributed by atoms with Gasteiger partial charge in [0.05, 0.1) is 0 Å². The SMILES string of the molecule is CCc1ccc2c(c1)/C(=C\c1ccc(C=NC)c(C)c1)C(=O)N2. The van der Waals surface area contributed by atoms with Crippen LogP contribution in [0, 0.1) is 6.92 Å². The maximum atomic E-state index is 12.3. The molecule has 23 heavy (non-hydrogen) atoms. The van der Waals surface area contributed by atoms with Gasteiger partial charge in [-0.15, -0.1) is 0 Å². The molecule has 1 aliphatic rings. The minimum absolute atomic E-state index is 0.0369. The third kappa shape index (κ3) is 2.95. The van der Waals surface area contributed by atoms with Crippen LogP contribution < -0.4 is 5.32 Å². The van der Waals surface area contributed by atoms with Crippen LogP contribution in [0.5, 0.6) is 0 Å². The van der Waals surface area contributed by atoms with Gasteiger partial charge in [-0.3, -0.25) is 9.79 Å². The van der Waals surface area contributed by atoms with Crippen molar-refractivity contribution in [1.82, 2.24) is 0 Å². The molecule has 2 aromatic rings. The maximum Gasteiger partial charge on any atom is 0.256 e. The number of nitrogens with one attached hydrogen (secondary N) is 1. The fourth-order valence-electron chi connectivity index (χ4n) is 2.84. The van der Waals surface area contributed by atoms with Crippen molar-refractivity contribution < 1.29 is 4.79 Å². The van der Waals surface area contributed by atoms with Gasteiger partial charge in [0.2, 0.25) is 0 Å². The Labute approximate surface area is 136 Å². The van der Waals surface area contributed by atoms with Crippen LogP contribution in [0.1, 0.15) is 34.7 Å². The minimum atomic E-state index is -0.0369. The number of rotatable bonds is 3. The van der Waals surface area contributed by atoms with E-state index in [1.54, 1.807) is 7.05 Å². The van der Waals surface area contributed by atoms with Gasteiger partial charge in [-0.05, 0) is 53.8 Å². The Morgan fingerprint density at radius 2 is 2.00 bits per heavy atom. The summed E-state index contributed by atoms with van der Waals surface area (Å²) in [6.45, 7) is 4.17. The molecule has 116 valence electrons. The van der Waals surface area contributed by atoms with Crippen molar-refractivity contribution in [3.05, 3.63) is 64.2 Å². The molecule has 0 bridgehead atoms. The van der Waals surface area contributed by atoms with Crippen LogP contribution in [-0.2, 0) is 11.2 Å². The lowest BCUT2D eigenvalue weighted by atomic mass is 9.99. The summed E-state index contributed by atoms with van der Waals surface area (Å²) in [5, 5.41) is 2.94.